The van der Waals surface area contributed by atoms with Crippen molar-refractivity contribution in [3.63, 3.8) is 0 Å². The van der Waals surface area contributed by atoms with Gasteiger partial charge in [-0.05, 0) is 23.6 Å². The number of hydrogen-bond acceptors (Lipinski definition) is 2. The van der Waals surface area contributed by atoms with Crippen molar-refractivity contribution in [3.8, 4) is 16.2 Å². The summed E-state index contributed by atoms with van der Waals surface area (Å²) in [5, 5.41) is 11.8. The van der Waals surface area contributed by atoms with E-state index in [4.69, 9.17) is 34.8 Å². The minimum absolute atomic E-state index is 0.0114. The van der Waals surface area contributed by atoms with Gasteiger partial charge in [0.25, 0.3) is 0 Å². The van der Waals surface area contributed by atoms with Crippen LogP contribution in [0.4, 0.5) is 0 Å². The Morgan fingerprint density at radius 2 is 1.68 bits per heavy atom. The molecule has 0 aliphatic heterocycles. The number of halogens is 3. The van der Waals surface area contributed by atoms with Crippen molar-refractivity contribution in [2.24, 2.45) is 0 Å². The molecule has 0 aliphatic carbocycles. The predicted octanol–water partition coefficient (Wildman–Crippen LogP) is 6.23. The molecule has 0 spiro atoms. The van der Waals surface area contributed by atoms with Crippen molar-refractivity contribution in [1.29, 1.82) is 0 Å². The smallest absolute Gasteiger partial charge is 0.136 e. The Balaban J connectivity index is 2.29. The third-order valence-electron chi connectivity index (χ3n) is 2.81. The van der Waals surface area contributed by atoms with E-state index in [1.54, 1.807) is 6.07 Å². The zero-order chi connectivity index (χ0) is 13.6. The maximum Gasteiger partial charge on any atom is 0.136 e. The van der Waals surface area contributed by atoms with Crippen LogP contribution in [0.15, 0.2) is 36.4 Å². The van der Waals surface area contributed by atoms with Crippen LogP contribution in [0.25, 0.3) is 20.5 Å². The van der Waals surface area contributed by atoms with Crippen LogP contribution in [-0.2, 0) is 0 Å². The van der Waals surface area contributed by atoms with Gasteiger partial charge in [-0.1, -0.05) is 53.0 Å². The zero-order valence-corrected chi connectivity index (χ0v) is 12.5. The first-order valence-electron chi connectivity index (χ1n) is 5.43. The van der Waals surface area contributed by atoms with Crippen LogP contribution in [0.5, 0.6) is 5.75 Å². The van der Waals surface area contributed by atoms with E-state index in [-0.39, 0.29) is 10.8 Å². The molecule has 0 atom stereocenters. The lowest BCUT2D eigenvalue weighted by molar-refractivity contribution is 0.476. The Morgan fingerprint density at radius 3 is 2.42 bits per heavy atom. The Kier molecular flexibility index (Phi) is 3.35. The van der Waals surface area contributed by atoms with Crippen molar-refractivity contribution in [2.75, 3.05) is 0 Å². The highest BCUT2D eigenvalue weighted by Gasteiger charge is 2.14. The highest BCUT2D eigenvalue weighted by Crippen LogP contribution is 2.45. The topological polar surface area (TPSA) is 20.2 Å². The van der Waals surface area contributed by atoms with Gasteiger partial charge in [0.05, 0.1) is 9.72 Å². The van der Waals surface area contributed by atoms with Gasteiger partial charge in [0.1, 0.15) is 10.8 Å². The lowest BCUT2D eigenvalue weighted by Gasteiger charge is -2.00. The molecule has 0 amide bonds. The fourth-order valence-electron chi connectivity index (χ4n) is 1.90. The van der Waals surface area contributed by atoms with Gasteiger partial charge >= 0.3 is 0 Å². The third kappa shape index (κ3) is 2.19. The summed E-state index contributed by atoms with van der Waals surface area (Å²) in [4.78, 5) is 0.990. The van der Waals surface area contributed by atoms with Crippen molar-refractivity contribution in [3.05, 3.63) is 51.5 Å². The number of fused-ring (bicyclic) bond motifs is 1. The molecule has 3 aromatic rings. The molecule has 0 radical (unpaired) electrons. The van der Waals surface area contributed by atoms with Crippen LogP contribution < -0.4 is 0 Å². The molecule has 0 aliphatic rings. The Bertz CT molecular complexity index is 780. The minimum atomic E-state index is -0.0114. The average Bonchev–Trinajstić information content (AvgIpc) is 2.80. The third-order valence-corrected chi connectivity index (χ3v) is 5.31. The largest absolute Gasteiger partial charge is 0.506 e. The van der Waals surface area contributed by atoms with Crippen LogP contribution in [0.3, 0.4) is 0 Å². The molecule has 19 heavy (non-hydrogen) atoms. The van der Waals surface area contributed by atoms with E-state index in [1.165, 1.54) is 11.3 Å². The average molecular weight is 330 g/mol. The molecule has 1 N–H and O–H groups in total. The molecule has 0 fully saturated rings. The number of rotatable bonds is 1. The van der Waals surface area contributed by atoms with Crippen LogP contribution in [0, 0.1) is 0 Å². The first kappa shape index (κ1) is 13.1. The second-order valence-electron chi connectivity index (χ2n) is 4.03. The quantitative estimate of drug-likeness (QED) is 0.560. The van der Waals surface area contributed by atoms with Gasteiger partial charge < -0.3 is 5.11 Å². The van der Waals surface area contributed by atoms with Gasteiger partial charge in [0, 0.05) is 15.5 Å². The van der Waals surface area contributed by atoms with Gasteiger partial charge in [-0.15, -0.1) is 11.3 Å². The van der Waals surface area contributed by atoms with Gasteiger partial charge in [-0.3, -0.25) is 0 Å². The number of phenolic OH excluding ortho intramolecular Hbond substituents is 1. The predicted molar refractivity (Wildman–Crippen MR) is 84.0 cm³/mol. The van der Waals surface area contributed by atoms with Crippen LogP contribution in [0.1, 0.15) is 0 Å². The van der Waals surface area contributed by atoms with Crippen molar-refractivity contribution in [1.82, 2.24) is 0 Å². The van der Waals surface area contributed by atoms with Gasteiger partial charge in [0.15, 0.2) is 0 Å². The summed E-state index contributed by atoms with van der Waals surface area (Å²) in [5.41, 5.74) is 0.942. The summed E-state index contributed by atoms with van der Waals surface area (Å²) in [5.74, 6) is -0.0114. The van der Waals surface area contributed by atoms with E-state index in [2.05, 4.69) is 0 Å². The SMILES string of the molecule is Oc1cc2cc(-c3ccccc3Cl)sc2c(Cl)c1Cl. The second kappa shape index (κ2) is 4.88. The normalized spacial score (nSPS) is 11.1. The molecular formula is C14H7Cl3OS. The fraction of sp³-hybridized carbons (Fsp3) is 0. The minimum Gasteiger partial charge on any atom is -0.506 e. The van der Waals surface area contributed by atoms with Crippen LogP contribution in [-0.4, -0.2) is 5.11 Å². The molecule has 0 bridgehead atoms. The molecule has 1 nitrogen and oxygen atoms in total. The standard InChI is InChI=1S/C14H7Cl3OS/c15-9-4-2-1-3-8(9)11-6-7-5-10(18)12(16)13(17)14(7)19-11/h1-6,18H. The van der Waals surface area contributed by atoms with Crippen molar-refractivity contribution >= 4 is 56.2 Å². The maximum absolute atomic E-state index is 9.69. The van der Waals surface area contributed by atoms with E-state index in [0.717, 1.165) is 20.5 Å². The molecule has 1 heterocycles. The number of benzene rings is 2. The van der Waals surface area contributed by atoms with Gasteiger partial charge in [-0.2, -0.15) is 0 Å². The maximum atomic E-state index is 9.69. The summed E-state index contributed by atoms with van der Waals surface area (Å²) < 4.78 is 0.847. The van der Waals surface area contributed by atoms with Gasteiger partial charge in [0.2, 0.25) is 0 Å². The molecule has 2 aromatic carbocycles. The summed E-state index contributed by atoms with van der Waals surface area (Å²) >= 11 is 19.8. The lowest BCUT2D eigenvalue weighted by Crippen LogP contribution is -1.72. The van der Waals surface area contributed by atoms with Crippen molar-refractivity contribution in [2.45, 2.75) is 0 Å². The molecule has 5 heteroatoms. The Morgan fingerprint density at radius 1 is 0.947 bits per heavy atom. The van der Waals surface area contributed by atoms with Crippen molar-refractivity contribution < 1.29 is 5.11 Å². The first-order valence-corrected chi connectivity index (χ1v) is 7.38. The van der Waals surface area contributed by atoms with Crippen LogP contribution in [0.2, 0.25) is 15.1 Å². The molecule has 0 saturated carbocycles. The fourth-order valence-corrected chi connectivity index (χ4v) is 3.84. The van der Waals surface area contributed by atoms with E-state index < -0.39 is 0 Å². The second-order valence-corrected chi connectivity index (χ2v) is 6.25. The molecule has 0 unspecified atom stereocenters. The molecule has 3 rings (SSSR count). The Hall–Kier alpha value is -0.930. The first-order chi connectivity index (χ1) is 9.08. The lowest BCUT2D eigenvalue weighted by atomic mass is 10.1. The monoisotopic (exact) mass is 328 g/mol. The Labute approximate surface area is 129 Å². The van der Waals surface area contributed by atoms with Gasteiger partial charge in [-0.25, -0.2) is 0 Å². The highest BCUT2D eigenvalue weighted by molar-refractivity contribution is 7.23. The molecule has 0 saturated heterocycles. The van der Waals surface area contributed by atoms with Crippen LogP contribution >= 0.6 is 46.1 Å². The van der Waals surface area contributed by atoms with E-state index in [1.807, 2.05) is 30.3 Å². The number of thiophene rings is 1. The summed E-state index contributed by atoms with van der Waals surface area (Å²) in [6, 6.07) is 11.2. The molecule has 1 aromatic heterocycles. The zero-order valence-electron chi connectivity index (χ0n) is 9.45. The highest BCUT2D eigenvalue weighted by atomic mass is 35.5. The summed E-state index contributed by atoms with van der Waals surface area (Å²) in [7, 11) is 0. The number of aromatic hydroxyl groups is 1. The summed E-state index contributed by atoms with van der Waals surface area (Å²) in [6.07, 6.45) is 0. The van der Waals surface area contributed by atoms with E-state index in [0.29, 0.717) is 10.0 Å². The van der Waals surface area contributed by atoms with E-state index >= 15 is 0 Å². The summed E-state index contributed by atoms with van der Waals surface area (Å²) in [6.45, 7) is 0. The number of hydrogen-bond donors (Lipinski definition) is 1. The molecular weight excluding hydrogens is 323 g/mol. The molecule has 96 valence electrons. The van der Waals surface area contributed by atoms with E-state index in [9.17, 15) is 5.11 Å². The number of phenols is 1.